The van der Waals surface area contributed by atoms with Gasteiger partial charge in [-0.2, -0.15) is 0 Å². The molecule has 0 spiro atoms. The van der Waals surface area contributed by atoms with E-state index in [1.54, 1.807) is 0 Å². The molecule has 0 aliphatic carbocycles. The number of hydrogen-bond donors (Lipinski definition) is 1. The summed E-state index contributed by atoms with van der Waals surface area (Å²) >= 11 is 5.52. The maximum atomic E-state index is 10.6. The Labute approximate surface area is 70.9 Å². The fraction of sp³-hybridized carbons (Fsp3) is 0.857. The number of carboxylic acids is 1. The molecule has 1 heterocycles. The number of halogens is 1. The molecular weight excluding hydrogens is 166 g/mol. The number of nitrogens with zero attached hydrogens (tertiary/aromatic N) is 1. The van der Waals surface area contributed by atoms with Gasteiger partial charge in [-0.1, -0.05) is 0 Å². The Hall–Kier alpha value is -0.280. The maximum absolute atomic E-state index is 10.6. The summed E-state index contributed by atoms with van der Waals surface area (Å²) in [4.78, 5) is 12.5. The van der Waals surface area contributed by atoms with E-state index in [0.29, 0.717) is 12.4 Å². The van der Waals surface area contributed by atoms with Gasteiger partial charge in [0.2, 0.25) is 0 Å². The first-order valence-electron chi connectivity index (χ1n) is 3.78. The van der Waals surface area contributed by atoms with Crippen molar-refractivity contribution in [3.05, 3.63) is 0 Å². The number of carboxylic acid groups (broad SMARTS) is 1. The quantitative estimate of drug-likeness (QED) is 0.648. The van der Waals surface area contributed by atoms with E-state index in [0.717, 1.165) is 19.4 Å². The average molecular weight is 178 g/mol. The van der Waals surface area contributed by atoms with E-state index in [4.69, 9.17) is 16.7 Å². The minimum absolute atomic E-state index is 0.284. The van der Waals surface area contributed by atoms with Crippen LogP contribution in [0.25, 0.3) is 0 Å². The van der Waals surface area contributed by atoms with Gasteiger partial charge in [-0.15, -0.1) is 11.6 Å². The Bertz CT molecular complexity index is 151. The number of carbonyl (C=O) groups is 1. The lowest BCUT2D eigenvalue weighted by Gasteiger charge is -2.18. The van der Waals surface area contributed by atoms with Crippen LogP contribution in [0.5, 0.6) is 0 Å². The van der Waals surface area contributed by atoms with E-state index in [2.05, 4.69) is 0 Å². The number of hydrogen-bond acceptors (Lipinski definition) is 2. The first kappa shape index (κ1) is 8.81. The molecule has 0 aromatic carbocycles. The van der Waals surface area contributed by atoms with Crippen molar-refractivity contribution in [2.75, 3.05) is 19.0 Å². The number of aliphatic carboxylic acids is 1. The van der Waals surface area contributed by atoms with Gasteiger partial charge < -0.3 is 5.11 Å². The van der Waals surface area contributed by atoms with Gasteiger partial charge >= 0.3 is 5.97 Å². The van der Waals surface area contributed by atoms with Gasteiger partial charge in [-0.05, 0) is 19.4 Å². The molecular formula is C7H12ClNO2. The van der Waals surface area contributed by atoms with Crippen LogP contribution in [0.15, 0.2) is 0 Å². The average Bonchev–Trinajstić information content (AvgIpc) is 2.36. The van der Waals surface area contributed by atoms with Crippen LogP contribution < -0.4 is 0 Å². The largest absolute Gasteiger partial charge is 0.480 e. The van der Waals surface area contributed by atoms with Crippen molar-refractivity contribution in [3.63, 3.8) is 0 Å². The fourth-order valence-electron chi connectivity index (χ4n) is 1.48. The molecule has 0 bridgehead atoms. The molecule has 1 fully saturated rings. The molecule has 64 valence electrons. The molecule has 1 aliphatic rings. The Balaban J connectivity index is 2.44. The van der Waals surface area contributed by atoms with E-state index >= 15 is 0 Å². The van der Waals surface area contributed by atoms with Crippen LogP contribution in [0.3, 0.4) is 0 Å². The second-order valence-corrected chi connectivity index (χ2v) is 3.10. The zero-order valence-corrected chi connectivity index (χ0v) is 7.05. The molecule has 0 amide bonds. The highest BCUT2D eigenvalue weighted by molar-refractivity contribution is 6.18. The van der Waals surface area contributed by atoms with Crippen LogP contribution in [0.4, 0.5) is 0 Å². The summed E-state index contributed by atoms with van der Waals surface area (Å²) < 4.78 is 0. The highest BCUT2D eigenvalue weighted by Gasteiger charge is 2.29. The lowest BCUT2D eigenvalue weighted by atomic mass is 10.2. The summed E-state index contributed by atoms with van der Waals surface area (Å²) in [7, 11) is 0. The third kappa shape index (κ3) is 2.07. The molecule has 1 rings (SSSR count). The summed E-state index contributed by atoms with van der Waals surface area (Å²) in [6.45, 7) is 1.57. The first-order valence-corrected chi connectivity index (χ1v) is 4.32. The number of alkyl halides is 1. The molecule has 1 N–H and O–H groups in total. The Kier molecular flexibility index (Phi) is 3.15. The van der Waals surface area contributed by atoms with Crippen LogP contribution in [-0.4, -0.2) is 41.0 Å². The van der Waals surface area contributed by atoms with Gasteiger partial charge in [-0.25, -0.2) is 0 Å². The Morgan fingerprint density at radius 3 is 3.00 bits per heavy atom. The van der Waals surface area contributed by atoms with Crippen molar-refractivity contribution in [1.82, 2.24) is 4.90 Å². The molecule has 11 heavy (non-hydrogen) atoms. The van der Waals surface area contributed by atoms with Gasteiger partial charge in [-0.3, -0.25) is 9.69 Å². The SMILES string of the molecule is O=C(O)C1CCCN1CCCl. The van der Waals surface area contributed by atoms with Crippen molar-refractivity contribution < 1.29 is 9.90 Å². The summed E-state index contributed by atoms with van der Waals surface area (Å²) in [5, 5.41) is 8.73. The molecule has 3 nitrogen and oxygen atoms in total. The van der Waals surface area contributed by atoms with Crippen LogP contribution in [0.1, 0.15) is 12.8 Å². The third-order valence-electron chi connectivity index (χ3n) is 2.02. The zero-order valence-electron chi connectivity index (χ0n) is 6.29. The third-order valence-corrected chi connectivity index (χ3v) is 2.19. The normalized spacial score (nSPS) is 25.7. The van der Waals surface area contributed by atoms with Crippen LogP contribution >= 0.6 is 11.6 Å². The molecule has 1 unspecified atom stereocenters. The summed E-state index contributed by atoms with van der Waals surface area (Å²) in [6.07, 6.45) is 1.75. The highest BCUT2D eigenvalue weighted by atomic mass is 35.5. The van der Waals surface area contributed by atoms with Gasteiger partial charge in [0.1, 0.15) is 6.04 Å². The molecule has 0 saturated carbocycles. The van der Waals surface area contributed by atoms with Crippen molar-refractivity contribution in [2.24, 2.45) is 0 Å². The minimum atomic E-state index is -0.715. The molecule has 1 atom stereocenters. The predicted molar refractivity (Wildman–Crippen MR) is 43.0 cm³/mol. The molecule has 0 aromatic heterocycles. The lowest BCUT2D eigenvalue weighted by Crippen LogP contribution is -2.37. The Morgan fingerprint density at radius 1 is 1.73 bits per heavy atom. The van der Waals surface area contributed by atoms with E-state index in [1.807, 2.05) is 4.90 Å². The van der Waals surface area contributed by atoms with Crippen LogP contribution in [0, 0.1) is 0 Å². The predicted octanol–water partition coefficient (Wildman–Crippen LogP) is 0.774. The summed E-state index contributed by atoms with van der Waals surface area (Å²) in [6, 6.07) is -0.284. The summed E-state index contributed by atoms with van der Waals surface area (Å²) in [5.74, 6) is -0.198. The van der Waals surface area contributed by atoms with Crippen molar-refractivity contribution in [1.29, 1.82) is 0 Å². The first-order chi connectivity index (χ1) is 5.25. The minimum Gasteiger partial charge on any atom is -0.480 e. The maximum Gasteiger partial charge on any atom is 0.320 e. The van der Waals surface area contributed by atoms with Gasteiger partial charge in [0.05, 0.1) is 0 Å². The second kappa shape index (κ2) is 3.93. The van der Waals surface area contributed by atoms with Crippen molar-refractivity contribution >= 4 is 17.6 Å². The van der Waals surface area contributed by atoms with Crippen molar-refractivity contribution in [3.8, 4) is 0 Å². The molecule has 0 aromatic rings. The van der Waals surface area contributed by atoms with E-state index in [1.165, 1.54) is 0 Å². The summed E-state index contributed by atoms with van der Waals surface area (Å²) in [5.41, 5.74) is 0. The molecule has 1 aliphatic heterocycles. The highest BCUT2D eigenvalue weighted by Crippen LogP contribution is 2.16. The Morgan fingerprint density at radius 2 is 2.45 bits per heavy atom. The molecule has 1 saturated heterocycles. The smallest absolute Gasteiger partial charge is 0.320 e. The topological polar surface area (TPSA) is 40.5 Å². The van der Waals surface area contributed by atoms with E-state index in [9.17, 15) is 4.79 Å². The number of rotatable bonds is 3. The van der Waals surface area contributed by atoms with Gasteiger partial charge in [0.25, 0.3) is 0 Å². The van der Waals surface area contributed by atoms with Crippen molar-refractivity contribution in [2.45, 2.75) is 18.9 Å². The molecule has 0 radical (unpaired) electrons. The zero-order chi connectivity index (χ0) is 8.27. The number of likely N-dealkylation sites (tertiary alicyclic amines) is 1. The molecule has 4 heteroatoms. The fourth-order valence-corrected chi connectivity index (χ4v) is 1.70. The standard InChI is InChI=1S/C7H12ClNO2/c8-3-5-9-4-1-2-6(9)7(10)11/h6H,1-5H2,(H,10,11). The second-order valence-electron chi connectivity index (χ2n) is 2.72. The lowest BCUT2D eigenvalue weighted by molar-refractivity contribution is -0.142. The van der Waals surface area contributed by atoms with Crippen LogP contribution in [0.2, 0.25) is 0 Å². The van der Waals surface area contributed by atoms with Gasteiger partial charge in [0, 0.05) is 12.4 Å². The van der Waals surface area contributed by atoms with Crippen LogP contribution in [-0.2, 0) is 4.79 Å². The van der Waals surface area contributed by atoms with E-state index < -0.39 is 5.97 Å². The monoisotopic (exact) mass is 177 g/mol. The van der Waals surface area contributed by atoms with E-state index in [-0.39, 0.29) is 6.04 Å². The van der Waals surface area contributed by atoms with Gasteiger partial charge in [0.15, 0.2) is 0 Å².